The predicted molar refractivity (Wildman–Crippen MR) is 98.6 cm³/mol. The number of anilines is 1. The van der Waals surface area contributed by atoms with Gasteiger partial charge in [-0.3, -0.25) is 4.68 Å². The summed E-state index contributed by atoms with van der Waals surface area (Å²) in [7, 11) is 0. The topological polar surface area (TPSA) is 55.9 Å². The molecule has 126 valence electrons. The number of para-hydroxylation sites is 2. The number of benzene rings is 2. The van der Waals surface area contributed by atoms with Crippen molar-refractivity contribution in [3.63, 3.8) is 0 Å². The van der Waals surface area contributed by atoms with Crippen LogP contribution >= 0.6 is 0 Å². The van der Waals surface area contributed by atoms with Crippen LogP contribution in [-0.2, 0) is 13.1 Å². The first-order valence-electron chi connectivity index (χ1n) is 8.37. The van der Waals surface area contributed by atoms with Gasteiger partial charge in [-0.25, -0.2) is 0 Å². The van der Waals surface area contributed by atoms with Gasteiger partial charge in [0.25, 0.3) is 6.01 Å². The largest absolute Gasteiger partial charge is 0.424 e. The van der Waals surface area contributed by atoms with Crippen LogP contribution in [0.15, 0.2) is 59.0 Å². The molecule has 0 aliphatic heterocycles. The maximum Gasteiger partial charge on any atom is 0.295 e. The van der Waals surface area contributed by atoms with Crippen molar-refractivity contribution in [3.05, 3.63) is 77.1 Å². The monoisotopic (exact) mass is 332 g/mol. The molecule has 0 saturated heterocycles. The Kier molecular flexibility index (Phi) is 3.98. The maximum absolute atomic E-state index is 5.72. The zero-order chi connectivity index (χ0) is 17.2. The molecule has 5 heteroatoms. The molecule has 0 aliphatic carbocycles. The zero-order valence-electron chi connectivity index (χ0n) is 14.4. The van der Waals surface area contributed by atoms with Gasteiger partial charge in [0, 0.05) is 17.8 Å². The standard InChI is InChI=1S/C20H20N4O/c1-14-17(12-21-20-22-18-10-6-7-11-19(18)25-20)15(2)24(23-14)13-16-8-4-3-5-9-16/h3-11H,12-13H2,1-2H3,(H,21,22). The molecule has 0 unspecified atom stereocenters. The van der Waals surface area contributed by atoms with Crippen LogP contribution in [0.1, 0.15) is 22.5 Å². The summed E-state index contributed by atoms with van der Waals surface area (Å²) in [5, 5.41) is 7.96. The summed E-state index contributed by atoms with van der Waals surface area (Å²) in [6.07, 6.45) is 0. The van der Waals surface area contributed by atoms with Crippen LogP contribution in [-0.4, -0.2) is 14.8 Å². The average Bonchev–Trinajstić information content (AvgIpc) is 3.15. The molecule has 0 radical (unpaired) electrons. The van der Waals surface area contributed by atoms with E-state index in [1.165, 1.54) is 11.1 Å². The van der Waals surface area contributed by atoms with Crippen molar-refractivity contribution < 1.29 is 4.42 Å². The number of nitrogens with one attached hydrogen (secondary N) is 1. The first kappa shape index (κ1) is 15.4. The second kappa shape index (κ2) is 6.43. The van der Waals surface area contributed by atoms with E-state index in [1.54, 1.807) is 0 Å². The summed E-state index contributed by atoms with van der Waals surface area (Å²) in [6.45, 7) is 5.55. The maximum atomic E-state index is 5.72. The molecule has 4 rings (SSSR count). The van der Waals surface area contributed by atoms with Crippen molar-refractivity contribution in [1.29, 1.82) is 0 Å². The van der Waals surface area contributed by atoms with E-state index in [9.17, 15) is 0 Å². The Labute approximate surface area is 146 Å². The van der Waals surface area contributed by atoms with Crippen LogP contribution in [0.5, 0.6) is 0 Å². The van der Waals surface area contributed by atoms with Crippen LogP contribution in [0.2, 0.25) is 0 Å². The molecule has 0 bridgehead atoms. The Bertz CT molecular complexity index is 968. The highest BCUT2D eigenvalue weighted by atomic mass is 16.4. The van der Waals surface area contributed by atoms with Gasteiger partial charge in [0.05, 0.1) is 12.2 Å². The second-order valence-corrected chi connectivity index (χ2v) is 6.13. The molecule has 4 aromatic rings. The van der Waals surface area contributed by atoms with Crippen molar-refractivity contribution in [2.75, 3.05) is 5.32 Å². The van der Waals surface area contributed by atoms with E-state index in [2.05, 4.69) is 46.6 Å². The fourth-order valence-corrected chi connectivity index (χ4v) is 3.01. The molecule has 1 N–H and O–H groups in total. The van der Waals surface area contributed by atoms with Crippen molar-refractivity contribution in [2.24, 2.45) is 0 Å². The van der Waals surface area contributed by atoms with E-state index in [0.717, 1.165) is 29.0 Å². The highest BCUT2D eigenvalue weighted by Gasteiger charge is 2.13. The summed E-state index contributed by atoms with van der Waals surface area (Å²) in [5.74, 6) is 0. The molecular weight excluding hydrogens is 312 g/mol. The first-order chi connectivity index (χ1) is 12.2. The second-order valence-electron chi connectivity index (χ2n) is 6.13. The van der Waals surface area contributed by atoms with Gasteiger partial charge in [-0.1, -0.05) is 42.5 Å². The Morgan fingerprint density at radius 2 is 1.76 bits per heavy atom. The summed E-state index contributed by atoms with van der Waals surface area (Å²) < 4.78 is 7.77. The molecule has 0 saturated carbocycles. The minimum atomic E-state index is 0.538. The molecule has 0 atom stereocenters. The first-order valence-corrected chi connectivity index (χ1v) is 8.37. The van der Waals surface area contributed by atoms with Crippen molar-refractivity contribution in [3.8, 4) is 0 Å². The van der Waals surface area contributed by atoms with E-state index in [4.69, 9.17) is 4.42 Å². The molecule has 2 aromatic heterocycles. The molecule has 0 spiro atoms. The van der Waals surface area contributed by atoms with Gasteiger partial charge in [0.15, 0.2) is 5.58 Å². The number of aromatic nitrogens is 3. The van der Waals surface area contributed by atoms with Gasteiger partial charge in [-0.2, -0.15) is 10.1 Å². The predicted octanol–water partition coefficient (Wildman–Crippen LogP) is 4.30. The van der Waals surface area contributed by atoms with E-state index in [1.807, 2.05) is 41.9 Å². The Morgan fingerprint density at radius 3 is 2.56 bits per heavy atom. The molecule has 2 heterocycles. The fourth-order valence-electron chi connectivity index (χ4n) is 3.01. The lowest BCUT2D eigenvalue weighted by atomic mass is 10.2. The van der Waals surface area contributed by atoms with Crippen LogP contribution in [0.3, 0.4) is 0 Å². The van der Waals surface area contributed by atoms with Gasteiger partial charge in [0.2, 0.25) is 0 Å². The third-order valence-corrected chi connectivity index (χ3v) is 4.42. The average molecular weight is 332 g/mol. The number of hydrogen-bond acceptors (Lipinski definition) is 4. The van der Waals surface area contributed by atoms with Gasteiger partial charge in [-0.05, 0) is 31.5 Å². The third kappa shape index (κ3) is 3.13. The van der Waals surface area contributed by atoms with Crippen LogP contribution in [0.25, 0.3) is 11.1 Å². The lowest BCUT2D eigenvalue weighted by molar-refractivity contribution is 0.614. The normalized spacial score (nSPS) is 11.1. The third-order valence-electron chi connectivity index (χ3n) is 4.42. The van der Waals surface area contributed by atoms with Crippen molar-refractivity contribution in [1.82, 2.24) is 14.8 Å². The summed E-state index contributed by atoms with van der Waals surface area (Å²) >= 11 is 0. The Hall–Kier alpha value is -3.08. The lowest BCUT2D eigenvalue weighted by Crippen LogP contribution is -2.05. The zero-order valence-corrected chi connectivity index (χ0v) is 14.4. The van der Waals surface area contributed by atoms with Gasteiger partial charge < -0.3 is 9.73 Å². The SMILES string of the molecule is Cc1nn(Cc2ccccc2)c(C)c1CNc1nc2ccccc2o1. The van der Waals surface area contributed by atoms with Crippen LogP contribution in [0.4, 0.5) is 6.01 Å². The van der Waals surface area contributed by atoms with Crippen LogP contribution in [0, 0.1) is 13.8 Å². The van der Waals surface area contributed by atoms with E-state index in [0.29, 0.717) is 12.6 Å². The summed E-state index contributed by atoms with van der Waals surface area (Å²) in [5.41, 5.74) is 6.25. The van der Waals surface area contributed by atoms with E-state index < -0.39 is 0 Å². The number of hydrogen-bond donors (Lipinski definition) is 1. The quantitative estimate of drug-likeness (QED) is 0.592. The van der Waals surface area contributed by atoms with Gasteiger partial charge in [0.1, 0.15) is 5.52 Å². The number of aryl methyl sites for hydroxylation is 1. The van der Waals surface area contributed by atoms with Crippen LogP contribution < -0.4 is 5.32 Å². The molecule has 0 aliphatic rings. The highest BCUT2D eigenvalue weighted by molar-refractivity contribution is 5.74. The lowest BCUT2D eigenvalue weighted by Gasteiger charge is -2.06. The van der Waals surface area contributed by atoms with E-state index >= 15 is 0 Å². The molecule has 5 nitrogen and oxygen atoms in total. The highest BCUT2D eigenvalue weighted by Crippen LogP contribution is 2.20. The van der Waals surface area contributed by atoms with Crippen molar-refractivity contribution >= 4 is 17.1 Å². The smallest absolute Gasteiger partial charge is 0.295 e. The molecule has 0 fully saturated rings. The summed E-state index contributed by atoms with van der Waals surface area (Å²) in [6, 6.07) is 18.7. The Morgan fingerprint density at radius 1 is 1.00 bits per heavy atom. The van der Waals surface area contributed by atoms with Gasteiger partial charge in [-0.15, -0.1) is 0 Å². The number of fused-ring (bicyclic) bond motifs is 1. The number of oxazole rings is 1. The number of nitrogens with zero attached hydrogens (tertiary/aromatic N) is 3. The van der Waals surface area contributed by atoms with Gasteiger partial charge >= 0.3 is 0 Å². The molecular formula is C20H20N4O. The minimum Gasteiger partial charge on any atom is -0.424 e. The molecule has 2 aromatic carbocycles. The van der Waals surface area contributed by atoms with Crippen molar-refractivity contribution in [2.45, 2.75) is 26.9 Å². The fraction of sp³-hybridized carbons (Fsp3) is 0.200. The molecule has 0 amide bonds. The summed E-state index contributed by atoms with van der Waals surface area (Å²) in [4.78, 5) is 4.46. The molecule has 25 heavy (non-hydrogen) atoms. The minimum absolute atomic E-state index is 0.538. The van der Waals surface area contributed by atoms with E-state index in [-0.39, 0.29) is 0 Å². The Balaban J connectivity index is 1.52. The number of rotatable bonds is 5.